The van der Waals surface area contributed by atoms with Crippen molar-refractivity contribution in [3.05, 3.63) is 23.8 Å². The topological polar surface area (TPSA) is 70.6 Å². The summed E-state index contributed by atoms with van der Waals surface area (Å²) in [6.07, 6.45) is 5.74. The maximum absolute atomic E-state index is 12.0. The first-order valence-corrected chi connectivity index (χ1v) is 7.67. The molecular formula is C16H24N2O3. The lowest BCUT2D eigenvalue weighted by molar-refractivity contribution is 0.244. The molecule has 1 aromatic carbocycles. The van der Waals surface area contributed by atoms with Gasteiger partial charge in [0.05, 0.1) is 13.2 Å². The lowest BCUT2D eigenvalue weighted by atomic mass is 9.96. The van der Waals surface area contributed by atoms with E-state index in [1.807, 2.05) is 6.92 Å². The fourth-order valence-corrected chi connectivity index (χ4v) is 2.68. The van der Waals surface area contributed by atoms with E-state index >= 15 is 0 Å². The Morgan fingerprint density at radius 3 is 2.76 bits per heavy atom. The Hall–Kier alpha value is -1.75. The molecule has 2 amide bonds. The Morgan fingerprint density at radius 1 is 1.33 bits per heavy atom. The van der Waals surface area contributed by atoms with Gasteiger partial charge in [-0.25, -0.2) is 4.79 Å². The molecule has 1 aliphatic carbocycles. The highest BCUT2D eigenvalue weighted by molar-refractivity contribution is 5.89. The van der Waals surface area contributed by atoms with Crippen molar-refractivity contribution in [1.29, 1.82) is 0 Å². The number of hydrogen-bond donors (Lipinski definition) is 3. The molecule has 3 N–H and O–H groups in total. The van der Waals surface area contributed by atoms with E-state index < -0.39 is 0 Å². The van der Waals surface area contributed by atoms with E-state index in [-0.39, 0.29) is 18.7 Å². The standard InChI is InChI=1S/C16H24N2O3/c1-2-21-15-9-8-14(10-12(15)11-19)18-16(20)17-13-6-4-3-5-7-13/h8-10,13,19H,2-7,11H2,1H3,(H2,17,18,20). The van der Waals surface area contributed by atoms with Crippen LogP contribution in [0.4, 0.5) is 10.5 Å². The molecule has 1 fully saturated rings. The fraction of sp³-hybridized carbons (Fsp3) is 0.562. The highest BCUT2D eigenvalue weighted by Crippen LogP contribution is 2.23. The Labute approximate surface area is 125 Å². The summed E-state index contributed by atoms with van der Waals surface area (Å²) in [5, 5.41) is 15.2. The smallest absolute Gasteiger partial charge is 0.319 e. The number of carbonyl (C=O) groups excluding carboxylic acids is 1. The van der Waals surface area contributed by atoms with Crippen LogP contribution >= 0.6 is 0 Å². The molecule has 2 rings (SSSR count). The highest BCUT2D eigenvalue weighted by Gasteiger charge is 2.15. The van der Waals surface area contributed by atoms with Crippen LogP contribution in [-0.2, 0) is 6.61 Å². The van der Waals surface area contributed by atoms with Crippen LogP contribution in [0.2, 0.25) is 0 Å². The lowest BCUT2D eigenvalue weighted by Gasteiger charge is -2.23. The maximum Gasteiger partial charge on any atom is 0.319 e. The van der Waals surface area contributed by atoms with Crippen molar-refractivity contribution in [2.75, 3.05) is 11.9 Å². The molecule has 0 spiro atoms. The summed E-state index contributed by atoms with van der Waals surface area (Å²) >= 11 is 0. The summed E-state index contributed by atoms with van der Waals surface area (Å²) in [5.74, 6) is 0.651. The minimum Gasteiger partial charge on any atom is -0.494 e. The molecule has 1 aliphatic rings. The van der Waals surface area contributed by atoms with Gasteiger partial charge in [-0.2, -0.15) is 0 Å². The highest BCUT2D eigenvalue weighted by atomic mass is 16.5. The average Bonchev–Trinajstić information content (AvgIpc) is 2.50. The third-order valence-electron chi connectivity index (χ3n) is 3.73. The molecule has 0 heterocycles. The van der Waals surface area contributed by atoms with Gasteiger partial charge in [0.15, 0.2) is 0 Å². The second-order valence-electron chi connectivity index (χ2n) is 5.35. The third kappa shape index (κ3) is 4.63. The van der Waals surface area contributed by atoms with Crippen LogP contribution in [0.15, 0.2) is 18.2 Å². The van der Waals surface area contributed by atoms with E-state index in [2.05, 4.69) is 10.6 Å². The number of hydrogen-bond acceptors (Lipinski definition) is 3. The molecule has 0 saturated heterocycles. The molecule has 1 aromatic rings. The molecule has 0 atom stereocenters. The normalized spacial score (nSPS) is 15.5. The monoisotopic (exact) mass is 292 g/mol. The molecule has 5 heteroatoms. The largest absolute Gasteiger partial charge is 0.494 e. The van der Waals surface area contributed by atoms with Crippen LogP contribution in [0.1, 0.15) is 44.6 Å². The van der Waals surface area contributed by atoms with Crippen molar-refractivity contribution in [3.63, 3.8) is 0 Å². The van der Waals surface area contributed by atoms with E-state index in [0.29, 0.717) is 23.6 Å². The molecule has 0 unspecified atom stereocenters. The van der Waals surface area contributed by atoms with E-state index in [1.54, 1.807) is 18.2 Å². The number of amides is 2. The summed E-state index contributed by atoms with van der Waals surface area (Å²) in [5.41, 5.74) is 1.34. The van der Waals surface area contributed by atoms with Crippen molar-refractivity contribution in [2.24, 2.45) is 0 Å². The summed E-state index contributed by atoms with van der Waals surface area (Å²) in [6, 6.07) is 5.38. The van der Waals surface area contributed by atoms with Crippen molar-refractivity contribution in [3.8, 4) is 5.75 Å². The number of urea groups is 1. The van der Waals surface area contributed by atoms with Gasteiger partial charge in [-0.15, -0.1) is 0 Å². The molecule has 0 aromatic heterocycles. The molecule has 0 radical (unpaired) electrons. The number of aliphatic hydroxyl groups excluding tert-OH is 1. The van der Waals surface area contributed by atoms with Crippen LogP contribution in [-0.4, -0.2) is 23.8 Å². The first-order valence-electron chi connectivity index (χ1n) is 7.67. The number of benzene rings is 1. The molecule has 1 saturated carbocycles. The second kappa shape index (κ2) is 7.88. The fourth-order valence-electron chi connectivity index (χ4n) is 2.68. The first kappa shape index (κ1) is 15.6. The van der Waals surface area contributed by atoms with Crippen molar-refractivity contribution in [2.45, 2.75) is 51.7 Å². The minimum atomic E-state index is -0.185. The summed E-state index contributed by atoms with van der Waals surface area (Å²) in [7, 11) is 0. The van der Waals surface area contributed by atoms with E-state index in [1.165, 1.54) is 19.3 Å². The van der Waals surface area contributed by atoms with Gasteiger partial charge in [0.2, 0.25) is 0 Å². The Kier molecular flexibility index (Phi) is 5.87. The predicted octanol–water partition coefficient (Wildman–Crippen LogP) is 3.03. The van der Waals surface area contributed by atoms with Crippen molar-refractivity contribution < 1.29 is 14.6 Å². The third-order valence-corrected chi connectivity index (χ3v) is 3.73. The SMILES string of the molecule is CCOc1ccc(NC(=O)NC2CCCCC2)cc1CO. The molecular weight excluding hydrogens is 268 g/mol. The number of aliphatic hydroxyl groups is 1. The van der Waals surface area contributed by atoms with Crippen LogP contribution in [0, 0.1) is 0 Å². The van der Waals surface area contributed by atoms with Crippen molar-refractivity contribution >= 4 is 11.7 Å². The van der Waals surface area contributed by atoms with Crippen LogP contribution in [0.5, 0.6) is 5.75 Å². The van der Waals surface area contributed by atoms with Gasteiger partial charge in [-0.1, -0.05) is 19.3 Å². The molecule has 0 bridgehead atoms. The van der Waals surface area contributed by atoms with Crippen LogP contribution < -0.4 is 15.4 Å². The zero-order valence-corrected chi connectivity index (χ0v) is 12.5. The zero-order chi connectivity index (χ0) is 15.1. The second-order valence-corrected chi connectivity index (χ2v) is 5.35. The number of nitrogens with one attached hydrogen (secondary N) is 2. The number of rotatable bonds is 5. The summed E-state index contributed by atoms with van der Waals surface area (Å²) < 4.78 is 5.42. The van der Waals surface area contributed by atoms with Gasteiger partial charge >= 0.3 is 6.03 Å². The first-order chi connectivity index (χ1) is 10.2. The predicted molar refractivity (Wildman–Crippen MR) is 82.6 cm³/mol. The van der Waals surface area contributed by atoms with Gasteiger partial charge < -0.3 is 20.5 Å². The number of anilines is 1. The van der Waals surface area contributed by atoms with Gasteiger partial charge in [0.25, 0.3) is 0 Å². The summed E-state index contributed by atoms with van der Waals surface area (Å²) in [6.45, 7) is 2.32. The van der Waals surface area contributed by atoms with Gasteiger partial charge in [-0.05, 0) is 38.0 Å². The van der Waals surface area contributed by atoms with Crippen molar-refractivity contribution in [1.82, 2.24) is 5.32 Å². The maximum atomic E-state index is 12.0. The molecule has 5 nitrogen and oxygen atoms in total. The Balaban J connectivity index is 1.93. The minimum absolute atomic E-state index is 0.116. The van der Waals surface area contributed by atoms with Crippen LogP contribution in [0.3, 0.4) is 0 Å². The van der Waals surface area contributed by atoms with Gasteiger partial charge in [-0.3, -0.25) is 0 Å². The Bertz CT molecular complexity index is 471. The Morgan fingerprint density at radius 2 is 2.10 bits per heavy atom. The van der Waals surface area contributed by atoms with Crippen LogP contribution in [0.25, 0.3) is 0 Å². The zero-order valence-electron chi connectivity index (χ0n) is 12.5. The van der Waals surface area contributed by atoms with E-state index in [4.69, 9.17) is 4.74 Å². The quantitative estimate of drug-likeness (QED) is 0.781. The average molecular weight is 292 g/mol. The van der Waals surface area contributed by atoms with E-state index in [0.717, 1.165) is 12.8 Å². The van der Waals surface area contributed by atoms with Gasteiger partial charge in [0.1, 0.15) is 5.75 Å². The van der Waals surface area contributed by atoms with Gasteiger partial charge in [0, 0.05) is 17.3 Å². The molecule has 0 aliphatic heterocycles. The lowest BCUT2D eigenvalue weighted by Crippen LogP contribution is -2.39. The number of carbonyl (C=O) groups is 1. The molecule has 116 valence electrons. The number of ether oxygens (including phenoxy) is 1. The van der Waals surface area contributed by atoms with E-state index in [9.17, 15) is 9.90 Å². The molecule has 21 heavy (non-hydrogen) atoms. The summed E-state index contributed by atoms with van der Waals surface area (Å²) in [4.78, 5) is 12.0.